The molecule has 0 radical (unpaired) electrons. The molecule has 0 aromatic heterocycles. The predicted molar refractivity (Wildman–Crippen MR) is 81.5 cm³/mol. The van der Waals surface area contributed by atoms with E-state index in [1.54, 1.807) is 12.3 Å². The van der Waals surface area contributed by atoms with Crippen molar-refractivity contribution in [3.8, 4) is 6.07 Å². The van der Waals surface area contributed by atoms with E-state index in [0.717, 1.165) is 0 Å². The molecule has 0 saturated carbocycles. The minimum atomic E-state index is -0.557. The molecule has 0 aliphatic heterocycles. The number of rotatable bonds is 3. The van der Waals surface area contributed by atoms with E-state index in [-0.39, 0.29) is 5.57 Å². The fourth-order valence-electron chi connectivity index (χ4n) is 1.02. The fourth-order valence-corrected chi connectivity index (χ4v) is 1.52. The summed E-state index contributed by atoms with van der Waals surface area (Å²) in [6.45, 7) is 4.00. The lowest BCUT2D eigenvalue weighted by atomic mass is 10.2. The number of anilines is 1. The summed E-state index contributed by atoms with van der Waals surface area (Å²) in [7, 11) is 0. The van der Waals surface area contributed by atoms with Gasteiger partial charge in [-0.25, -0.2) is 4.39 Å². The molecular formula is C13H15FN2OS2. The standard InChI is InChI=1S/C11H9FN2OS2.C2H6/c1-17-11(16)9(6-13)10(15)14-8-4-2-7(12)3-5-8;1-2/h2-5,16H,1H3,(H,14,15);1-2H3/b11-9+;. The Morgan fingerprint density at radius 2 is 1.89 bits per heavy atom. The van der Waals surface area contributed by atoms with E-state index in [9.17, 15) is 9.18 Å². The Balaban J connectivity index is 0.00000154. The summed E-state index contributed by atoms with van der Waals surface area (Å²) in [5.74, 6) is -0.948. The minimum absolute atomic E-state index is 0.0647. The molecule has 0 saturated heterocycles. The third-order valence-corrected chi connectivity index (χ3v) is 3.21. The van der Waals surface area contributed by atoms with Gasteiger partial charge in [0.15, 0.2) is 0 Å². The summed E-state index contributed by atoms with van der Waals surface area (Å²) in [6.07, 6.45) is 1.71. The Labute approximate surface area is 122 Å². The van der Waals surface area contributed by atoms with E-state index in [2.05, 4.69) is 17.9 Å². The van der Waals surface area contributed by atoms with E-state index in [1.807, 2.05) is 13.8 Å². The van der Waals surface area contributed by atoms with Crippen molar-refractivity contribution < 1.29 is 9.18 Å². The summed E-state index contributed by atoms with van der Waals surface area (Å²) < 4.78 is 13.0. The molecule has 1 amide bonds. The van der Waals surface area contributed by atoms with Gasteiger partial charge < -0.3 is 5.32 Å². The first-order chi connectivity index (χ1) is 9.08. The lowest BCUT2D eigenvalue weighted by Crippen LogP contribution is -2.14. The van der Waals surface area contributed by atoms with Crippen LogP contribution in [0.25, 0.3) is 0 Å². The zero-order valence-corrected chi connectivity index (χ0v) is 12.6. The molecule has 102 valence electrons. The smallest absolute Gasteiger partial charge is 0.268 e. The maximum atomic E-state index is 12.6. The Kier molecular flexibility index (Phi) is 8.75. The quantitative estimate of drug-likeness (QED) is 0.507. The molecule has 1 aromatic carbocycles. The van der Waals surface area contributed by atoms with Crippen molar-refractivity contribution in [1.82, 2.24) is 0 Å². The van der Waals surface area contributed by atoms with Crippen molar-refractivity contribution in [3.05, 3.63) is 39.9 Å². The number of hydrogen-bond acceptors (Lipinski definition) is 4. The van der Waals surface area contributed by atoms with Gasteiger partial charge in [0.05, 0.1) is 4.24 Å². The van der Waals surface area contributed by atoms with Crippen LogP contribution in [0.3, 0.4) is 0 Å². The Morgan fingerprint density at radius 1 is 1.37 bits per heavy atom. The monoisotopic (exact) mass is 298 g/mol. The molecule has 0 spiro atoms. The molecule has 1 aromatic rings. The lowest BCUT2D eigenvalue weighted by Gasteiger charge is -2.05. The average molecular weight is 298 g/mol. The number of thioether (sulfide) groups is 1. The summed E-state index contributed by atoms with van der Waals surface area (Å²) in [4.78, 5) is 11.7. The summed E-state index contributed by atoms with van der Waals surface area (Å²) >= 11 is 5.23. The number of nitrogens with one attached hydrogen (secondary N) is 1. The Morgan fingerprint density at radius 3 is 2.32 bits per heavy atom. The van der Waals surface area contributed by atoms with Gasteiger partial charge in [0, 0.05) is 5.69 Å². The zero-order chi connectivity index (χ0) is 14.8. The van der Waals surface area contributed by atoms with E-state index < -0.39 is 11.7 Å². The number of thiol groups is 1. The highest BCUT2D eigenvalue weighted by atomic mass is 32.2. The summed E-state index contributed by atoms with van der Waals surface area (Å²) in [6, 6.07) is 7.06. The molecule has 6 heteroatoms. The highest BCUT2D eigenvalue weighted by Gasteiger charge is 2.13. The van der Waals surface area contributed by atoms with Crippen LogP contribution in [0.2, 0.25) is 0 Å². The maximum Gasteiger partial charge on any atom is 0.268 e. The van der Waals surface area contributed by atoms with Crippen LogP contribution in [0.15, 0.2) is 34.1 Å². The van der Waals surface area contributed by atoms with Crippen molar-refractivity contribution in [1.29, 1.82) is 5.26 Å². The predicted octanol–water partition coefficient (Wildman–Crippen LogP) is 3.82. The van der Waals surface area contributed by atoms with Crippen molar-refractivity contribution in [3.63, 3.8) is 0 Å². The highest BCUT2D eigenvalue weighted by molar-refractivity contribution is 8.15. The van der Waals surface area contributed by atoms with Crippen LogP contribution in [0.5, 0.6) is 0 Å². The van der Waals surface area contributed by atoms with Crippen LogP contribution >= 0.6 is 24.4 Å². The third kappa shape index (κ3) is 5.81. The topological polar surface area (TPSA) is 52.9 Å². The number of amides is 1. The van der Waals surface area contributed by atoms with Gasteiger partial charge in [0.1, 0.15) is 17.5 Å². The second-order valence-corrected chi connectivity index (χ2v) is 4.52. The summed E-state index contributed by atoms with van der Waals surface area (Å²) in [5.41, 5.74) is 0.358. The second-order valence-electron chi connectivity index (χ2n) is 2.96. The SMILES string of the molecule is CC.CS/C(S)=C(\C#N)C(=O)Nc1ccc(F)cc1. The second kappa shape index (κ2) is 9.48. The number of nitriles is 1. The van der Waals surface area contributed by atoms with Crippen LogP contribution in [0.1, 0.15) is 13.8 Å². The van der Waals surface area contributed by atoms with Crippen LogP contribution in [0, 0.1) is 17.1 Å². The van der Waals surface area contributed by atoms with Crippen LogP contribution in [-0.2, 0) is 4.79 Å². The van der Waals surface area contributed by atoms with Gasteiger partial charge in [-0.3, -0.25) is 4.79 Å². The normalized spacial score (nSPS) is 10.5. The van der Waals surface area contributed by atoms with E-state index in [0.29, 0.717) is 9.92 Å². The Bertz CT molecular complexity index is 492. The maximum absolute atomic E-state index is 12.6. The van der Waals surface area contributed by atoms with E-state index >= 15 is 0 Å². The molecule has 1 rings (SSSR count). The van der Waals surface area contributed by atoms with Gasteiger partial charge in [-0.05, 0) is 30.5 Å². The first-order valence-electron chi connectivity index (χ1n) is 5.52. The zero-order valence-electron chi connectivity index (χ0n) is 10.9. The number of hydrogen-bond donors (Lipinski definition) is 2. The van der Waals surface area contributed by atoms with Crippen molar-refractivity contribution in [2.24, 2.45) is 0 Å². The molecule has 1 N–H and O–H groups in total. The van der Waals surface area contributed by atoms with Gasteiger partial charge in [-0.1, -0.05) is 13.8 Å². The number of halogens is 1. The molecule has 0 unspecified atom stereocenters. The van der Waals surface area contributed by atoms with Crippen LogP contribution < -0.4 is 5.32 Å². The molecular weight excluding hydrogens is 283 g/mol. The minimum Gasteiger partial charge on any atom is -0.321 e. The molecule has 0 fully saturated rings. The van der Waals surface area contributed by atoms with Gasteiger partial charge in [-0.2, -0.15) is 5.26 Å². The van der Waals surface area contributed by atoms with Gasteiger partial charge >= 0.3 is 0 Å². The first-order valence-corrected chi connectivity index (χ1v) is 7.20. The molecule has 19 heavy (non-hydrogen) atoms. The van der Waals surface area contributed by atoms with E-state index in [1.165, 1.54) is 36.0 Å². The Hall–Kier alpha value is -1.45. The number of benzene rings is 1. The van der Waals surface area contributed by atoms with Gasteiger partial charge in [0.25, 0.3) is 5.91 Å². The van der Waals surface area contributed by atoms with Crippen molar-refractivity contribution in [2.45, 2.75) is 13.8 Å². The molecule has 0 aliphatic rings. The first kappa shape index (κ1) is 17.6. The lowest BCUT2D eigenvalue weighted by molar-refractivity contribution is -0.112. The van der Waals surface area contributed by atoms with Crippen LogP contribution in [0.4, 0.5) is 10.1 Å². The fraction of sp³-hybridized carbons (Fsp3) is 0.231. The number of carbonyl (C=O) groups is 1. The largest absolute Gasteiger partial charge is 0.321 e. The third-order valence-electron chi connectivity index (χ3n) is 1.85. The van der Waals surface area contributed by atoms with Gasteiger partial charge in [0.2, 0.25) is 0 Å². The van der Waals surface area contributed by atoms with Crippen molar-refractivity contribution >= 4 is 36.0 Å². The molecule has 3 nitrogen and oxygen atoms in total. The average Bonchev–Trinajstić information content (AvgIpc) is 2.44. The van der Waals surface area contributed by atoms with Crippen LogP contribution in [-0.4, -0.2) is 12.2 Å². The highest BCUT2D eigenvalue weighted by Crippen LogP contribution is 2.21. The molecule has 0 bridgehead atoms. The van der Waals surface area contributed by atoms with E-state index in [4.69, 9.17) is 5.26 Å². The number of nitrogens with zero attached hydrogens (tertiary/aromatic N) is 1. The molecule has 0 atom stereocenters. The van der Waals surface area contributed by atoms with Crippen molar-refractivity contribution in [2.75, 3.05) is 11.6 Å². The molecule has 0 aliphatic carbocycles. The van der Waals surface area contributed by atoms with Gasteiger partial charge in [-0.15, -0.1) is 24.4 Å². The summed E-state index contributed by atoms with van der Waals surface area (Å²) in [5, 5.41) is 11.3. The molecule has 0 heterocycles. The number of carbonyl (C=O) groups excluding carboxylic acids is 1.